The number of primary amides is 1. The predicted molar refractivity (Wildman–Crippen MR) is 93.8 cm³/mol. The minimum absolute atomic E-state index is 0.0315. The Hall–Kier alpha value is -3.07. The van der Waals surface area contributed by atoms with Crippen LogP contribution in [0.2, 0.25) is 0 Å². The molecule has 3 aromatic rings. The molecule has 7 nitrogen and oxygen atoms in total. The number of carbonyl (C=O) groups is 1. The Bertz CT molecular complexity index is 976. The molecule has 0 fully saturated rings. The average Bonchev–Trinajstić information content (AvgIpc) is 3.14. The van der Waals surface area contributed by atoms with Crippen molar-refractivity contribution in [3.05, 3.63) is 58.7 Å². The number of furan rings is 1. The van der Waals surface area contributed by atoms with Gasteiger partial charge in [0.1, 0.15) is 17.4 Å². The smallest absolute Gasteiger partial charge is 0.284 e. The molecule has 2 heterocycles. The molecule has 0 saturated carbocycles. The van der Waals surface area contributed by atoms with Crippen molar-refractivity contribution in [2.75, 3.05) is 6.54 Å². The van der Waals surface area contributed by atoms with Crippen LogP contribution in [0.1, 0.15) is 33.4 Å². The first-order valence-corrected chi connectivity index (χ1v) is 8.25. The van der Waals surface area contributed by atoms with Crippen LogP contribution in [-0.2, 0) is 13.5 Å². The first kappa shape index (κ1) is 18.7. The van der Waals surface area contributed by atoms with Gasteiger partial charge < -0.3 is 15.9 Å². The molecule has 27 heavy (non-hydrogen) atoms. The highest BCUT2D eigenvalue weighted by atomic mass is 19.1. The fourth-order valence-electron chi connectivity index (χ4n) is 3.29. The van der Waals surface area contributed by atoms with Crippen LogP contribution < -0.4 is 11.5 Å². The topological polar surface area (TPSA) is 113 Å². The van der Waals surface area contributed by atoms with Crippen LogP contribution in [0.25, 0.3) is 11.3 Å². The van der Waals surface area contributed by atoms with Crippen molar-refractivity contribution in [3.8, 4) is 11.3 Å². The number of rotatable bonds is 6. The van der Waals surface area contributed by atoms with Crippen molar-refractivity contribution in [3.63, 3.8) is 0 Å². The monoisotopic (exact) mass is 375 g/mol. The van der Waals surface area contributed by atoms with E-state index in [0.717, 1.165) is 6.07 Å². The van der Waals surface area contributed by atoms with E-state index in [9.17, 15) is 13.6 Å². The summed E-state index contributed by atoms with van der Waals surface area (Å²) in [6.45, 7) is 1.80. The number of hydrogen-bond acceptors (Lipinski definition) is 5. The highest BCUT2D eigenvalue weighted by Gasteiger charge is 2.30. The van der Waals surface area contributed by atoms with Crippen LogP contribution in [0, 0.1) is 18.6 Å². The molecule has 0 aliphatic rings. The van der Waals surface area contributed by atoms with E-state index in [1.807, 2.05) is 0 Å². The maximum Gasteiger partial charge on any atom is 0.284 e. The molecule has 0 aliphatic carbocycles. The second-order valence-electron chi connectivity index (χ2n) is 6.30. The molecule has 0 aliphatic heterocycles. The summed E-state index contributed by atoms with van der Waals surface area (Å²) in [5, 5.41) is 7.75. The standard InChI is InChI=1S/C18H19F2N5O2/c1-9-15(14-8-23-24-25(14)2)16(17(27-9)18(22)26)11(7-21)3-10-4-12(19)6-13(20)5-10/h4-6,8,11H,3,7,21H2,1-2H3,(H2,22,26)/t11-/m1/s1. The minimum atomic E-state index is -0.752. The summed E-state index contributed by atoms with van der Waals surface area (Å²) in [5.41, 5.74) is 13.5. The Morgan fingerprint density at radius 2 is 1.96 bits per heavy atom. The van der Waals surface area contributed by atoms with Gasteiger partial charge in [0, 0.05) is 30.2 Å². The normalized spacial score (nSPS) is 12.3. The molecular formula is C18H19F2N5O2. The van der Waals surface area contributed by atoms with Crippen molar-refractivity contribution in [1.29, 1.82) is 0 Å². The van der Waals surface area contributed by atoms with E-state index in [2.05, 4.69) is 10.3 Å². The zero-order valence-corrected chi connectivity index (χ0v) is 14.9. The summed E-state index contributed by atoms with van der Waals surface area (Å²) in [6, 6.07) is 3.26. The zero-order chi connectivity index (χ0) is 19.7. The molecule has 1 atom stereocenters. The Kier molecular flexibility index (Phi) is 5.04. The third kappa shape index (κ3) is 3.59. The number of aryl methyl sites for hydroxylation is 2. The van der Waals surface area contributed by atoms with E-state index in [4.69, 9.17) is 15.9 Å². The molecule has 0 saturated heterocycles. The SMILES string of the molecule is Cc1oc(C(N)=O)c([C@@H](CN)Cc2cc(F)cc(F)c2)c1-c1cnnn1C. The van der Waals surface area contributed by atoms with E-state index < -0.39 is 23.5 Å². The largest absolute Gasteiger partial charge is 0.455 e. The summed E-state index contributed by atoms with van der Waals surface area (Å²) in [6.07, 6.45) is 1.73. The quantitative estimate of drug-likeness (QED) is 0.685. The van der Waals surface area contributed by atoms with Gasteiger partial charge in [0.25, 0.3) is 5.91 Å². The highest BCUT2D eigenvalue weighted by molar-refractivity contribution is 5.94. The van der Waals surface area contributed by atoms with E-state index in [1.165, 1.54) is 23.0 Å². The maximum atomic E-state index is 13.6. The van der Waals surface area contributed by atoms with Gasteiger partial charge in [-0.1, -0.05) is 5.21 Å². The average molecular weight is 375 g/mol. The lowest BCUT2D eigenvalue weighted by molar-refractivity contribution is 0.0970. The lowest BCUT2D eigenvalue weighted by Gasteiger charge is -2.17. The lowest BCUT2D eigenvalue weighted by atomic mass is 9.87. The molecule has 4 N–H and O–H groups in total. The third-order valence-electron chi connectivity index (χ3n) is 4.41. The molecule has 0 radical (unpaired) electrons. The number of halogens is 2. The van der Waals surface area contributed by atoms with E-state index >= 15 is 0 Å². The fraction of sp³-hybridized carbons (Fsp3) is 0.278. The van der Waals surface area contributed by atoms with Crippen molar-refractivity contribution in [2.24, 2.45) is 18.5 Å². The van der Waals surface area contributed by atoms with Crippen LogP contribution in [-0.4, -0.2) is 27.4 Å². The third-order valence-corrected chi connectivity index (χ3v) is 4.41. The van der Waals surface area contributed by atoms with Crippen LogP contribution in [0.3, 0.4) is 0 Å². The number of carbonyl (C=O) groups excluding carboxylic acids is 1. The van der Waals surface area contributed by atoms with Gasteiger partial charge in [0.2, 0.25) is 0 Å². The van der Waals surface area contributed by atoms with Crippen LogP contribution >= 0.6 is 0 Å². The number of amides is 1. The summed E-state index contributed by atoms with van der Waals surface area (Å²) >= 11 is 0. The van der Waals surface area contributed by atoms with Crippen molar-refractivity contribution in [1.82, 2.24) is 15.0 Å². The number of hydrogen-bond donors (Lipinski definition) is 2. The minimum Gasteiger partial charge on any atom is -0.455 e. The molecule has 0 unspecified atom stereocenters. The summed E-state index contributed by atoms with van der Waals surface area (Å²) in [4.78, 5) is 12.0. The van der Waals surface area contributed by atoms with Gasteiger partial charge in [-0.2, -0.15) is 0 Å². The molecule has 142 valence electrons. The molecule has 0 spiro atoms. The van der Waals surface area contributed by atoms with Gasteiger partial charge in [-0.05, 0) is 37.6 Å². The van der Waals surface area contributed by atoms with Crippen LogP contribution in [0.4, 0.5) is 8.78 Å². The molecule has 2 aromatic heterocycles. The van der Waals surface area contributed by atoms with Crippen molar-refractivity contribution in [2.45, 2.75) is 19.3 Å². The molecule has 0 bridgehead atoms. The summed E-state index contributed by atoms with van der Waals surface area (Å²) in [5.74, 6) is -2.16. The van der Waals surface area contributed by atoms with Gasteiger partial charge in [-0.25, -0.2) is 13.5 Å². The van der Waals surface area contributed by atoms with Crippen molar-refractivity contribution >= 4 is 5.91 Å². The Morgan fingerprint density at radius 1 is 1.30 bits per heavy atom. The molecule has 1 aromatic carbocycles. The fourth-order valence-corrected chi connectivity index (χ4v) is 3.29. The first-order valence-electron chi connectivity index (χ1n) is 8.25. The summed E-state index contributed by atoms with van der Waals surface area (Å²) < 4.78 is 34.3. The number of benzene rings is 1. The van der Waals surface area contributed by atoms with Crippen molar-refractivity contribution < 1.29 is 18.0 Å². The predicted octanol–water partition coefficient (Wildman–Crippen LogP) is 2.05. The highest BCUT2D eigenvalue weighted by Crippen LogP contribution is 2.38. The number of nitrogens with zero attached hydrogens (tertiary/aromatic N) is 3. The van der Waals surface area contributed by atoms with E-state index in [1.54, 1.807) is 14.0 Å². The second-order valence-corrected chi connectivity index (χ2v) is 6.30. The van der Waals surface area contributed by atoms with E-state index in [-0.39, 0.29) is 18.7 Å². The van der Waals surface area contributed by atoms with Crippen LogP contribution in [0.5, 0.6) is 0 Å². The number of aromatic nitrogens is 3. The Balaban J connectivity index is 2.14. The lowest BCUT2D eigenvalue weighted by Crippen LogP contribution is -2.20. The first-order chi connectivity index (χ1) is 12.8. The molecule has 9 heteroatoms. The van der Waals surface area contributed by atoms with Gasteiger partial charge in [0.15, 0.2) is 5.76 Å². The van der Waals surface area contributed by atoms with Gasteiger partial charge in [0.05, 0.1) is 11.9 Å². The Labute approximate surface area is 153 Å². The number of nitrogens with two attached hydrogens (primary N) is 2. The van der Waals surface area contributed by atoms with Crippen LogP contribution in [0.15, 0.2) is 28.8 Å². The zero-order valence-electron chi connectivity index (χ0n) is 14.9. The van der Waals surface area contributed by atoms with E-state index in [0.29, 0.717) is 28.1 Å². The van der Waals surface area contributed by atoms with Gasteiger partial charge in [-0.3, -0.25) is 4.79 Å². The summed E-state index contributed by atoms with van der Waals surface area (Å²) in [7, 11) is 1.70. The molecule has 3 rings (SSSR count). The Morgan fingerprint density at radius 3 is 2.48 bits per heavy atom. The molecular weight excluding hydrogens is 356 g/mol. The second kappa shape index (κ2) is 7.28. The van der Waals surface area contributed by atoms with Gasteiger partial charge >= 0.3 is 0 Å². The van der Waals surface area contributed by atoms with Gasteiger partial charge in [-0.15, -0.1) is 5.10 Å². The molecule has 1 amide bonds. The maximum absolute atomic E-state index is 13.6.